The van der Waals surface area contributed by atoms with Crippen molar-refractivity contribution < 1.29 is 14.3 Å². The first-order valence-electron chi connectivity index (χ1n) is 7.51. The predicted octanol–water partition coefficient (Wildman–Crippen LogP) is 1.11. The summed E-state index contributed by atoms with van der Waals surface area (Å²) >= 11 is 0. The summed E-state index contributed by atoms with van der Waals surface area (Å²) in [5, 5.41) is 6.65. The third kappa shape index (κ3) is 4.92. The van der Waals surface area contributed by atoms with Gasteiger partial charge in [-0.3, -0.25) is 9.59 Å². The van der Waals surface area contributed by atoms with Crippen molar-refractivity contribution in [3.05, 3.63) is 0 Å². The van der Waals surface area contributed by atoms with E-state index in [0.29, 0.717) is 6.54 Å². The molecule has 6 heteroatoms. The van der Waals surface area contributed by atoms with E-state index in [9.17, 15) is 9.59 Å². The summed E-state index contributed by atoms with van der Waals surface area (Å²) in [4.78, 5) is 23.2. The highest BCUT2D eigenvalue weighted by Crippen LogP contribution is 2.14. The molecule has 1 aliphatic heterocycles. The van der Waals surface area contributed by atoms with Crippen LogP contribution in [0.15, 0.2) is 5.10 Å². The van der Waals surface area contributed by atoms with Crippen LogP contribution in [0.25, 0.3) is 0 Å². The van der Waals surface area contributed by atoms with Crippen molar-refractivity contribution in [3.8, 4) is 0 Å². The van der Waals surface area contributed by atoms with Crippen molar-refractivity contribution in [1.29, 1.82) is 0 Å². The monoisotopic (exact) mass is 281 g/mol. The highest BCUT2D eigenvalue weighted by atomic mass is 16.5. The number of nitrogens with zero attached hydrogens (tertiary/aromatic N) is 1. The van der Waals surface area contributed by atoms with Gasteiger partial charge in [-0.25, -0.2) is 5.43 Å². The molecule has 1 aliphatic carbocycles. The first-order valence-corrected chi connectivity index (χ1v) is 7.51. The minimum absolute atomic E-state index is 0.0416. The van der Waals surface area contributed by atoms with Crippen molar-refractivity contribution in [2.45, 2.75) is 57.5 Å². The fourth-order valence-corrected chi connectivity index (χ4v) is 2.52. The summed E-state index contributed by atoms with van der Waals surface area (Å²) in [6.07, 6.45) is 8.48. The van der Waals surface area contributed by atoms with E-state index in [0.717, 1.165) is 50.8 Å². The molecule has 2 aliphatic rings. The number of hydrazone groups is 1. The molecule has 2 rings (SSSR count). The van der Waals surface area contributed by atoms with E-state index in [2.05, 4.69) is 15.8 Å². The van der Waals surface area contributed by atoms with Gasteiger partial charge in [0.1, 0.15) is 0 Å². The molecule has 0 aromatic rings. The summed E-state index contributed by atoms with van der Waals surface area (Å²) < 4.78 is 5.38. The minimum Gasteiger partial charge on any atom is -0.376 e. The summed E-state index contributed by atoms with van der Waals surface area (Å²) in [7, 11) is 0. The molecule has 1 saturated carbocycles. The molecule has 6 nitrogen and oxygen atoms in total. The molecule has 0 spiro atoms. The summed E-state index contributed by atoms with van der Waals surface area (Å²) in [5.41, 5.74) is 3.34. The number of nitrogens with one attached hydrogen (secondary N) is 2. The van der Waals surface area contributed by atoms with Crippen molar-refractivity contribution in [3.63, 3.8) is 0 Å². The van der Waals surface area contributed by atoms with Crippen molar-refractivity contribution in [2.24, 2.45) is 5.10 Å². The first-order chi connectivity index (χ1) is 9.75. The van der Waals surface area contributed by atoms with E-state index in [1.807, 2.05) is 0 Å². The van der Waals surface area contributed by atoms with Crippen LogP contribution >= 0.6 is 0 Å². The van der Waals surface area contributed by atoms with Gasteiger partial charge in [-0.15, -0.1) is 0 Å². The average molecular weight is 281 g/mol. The third-order valence-electron chi connectivity index (χ3n) is 3.72. The zero-order chi connectivity index (χ0) is 14.2. The van der Waals surface area contributed by atoms with Crippen LogP contribution < -0.4 is 10.7 Å². The summed E-state index contributed by atoms with van der Waals surface area (Å²) in [6.45, 7) is 1.13. The van der Waals surface area contributed by atoms with Crippen LogP contribution in [-0.4, -0.2) is 36.8 Å². The molecule has 1 heterocycles. The van der Waals surface area contributed by atoms with E-state index in [4.69, 9.17) is 4.74 Å². The number of carbonyl (C=O) groups excluding carboxylic acids is 2. The molecular weight excluding hydrogens is 258 g/mol. The number of amides is 2. The zero-order valence-electron chi connectivity index (χ0n) is 11.8. The normalized spacial score (nSPS) is 23.0. The standard InChI is InChI=1S/C14H23N3O3/c18-13(15-10-12-8-5-9-20-12)14(19)17-16-11-6-3-1-2-4-7-11/h12H,1-10H2,(H,15,18)(H,17,19)/t12-/m0/s1. The van der Waals surface area contributed by atoms with Gasteiger partial charge in [0.2, 0.25) is 0 Å². The van der Waals surface area contributed by atoms with Gasteiger partial charge in [0, 0.05) is 18.9 Å². The summed E-state index contributed by atoms with van der Waals surface area (Å²) in [6, 6.07) is 0. The molecule has 112 valence electrons. The summed E-state index contributed by atoms with van der Waals surface area (Å²) in [5.74, 6) is -1.33. The molecule has 20 heavy (non-hydrogen) atoms. The highest BCUT2D eigenvalue weighted by Gasteiger charge is 2.19. The van der Waals surface area contributed by atoms with Gasteiger partial charge in [0.15, 0.2) is 0 Å². The Balaban J connectivity index is 1.69. The molecule has 0 aromatic carbocycles. The quantitative estimate of drug-likeness (QED) is 0.462. The molecule has 1 atom stereocenters. The molecule has 2 amide bonds. The Morgan fingerprint density at radius 2 is 1.85 bits per heavy atom. The molecule has 1 saturated heterocycles. The largest absolute Gasteiger partial charge is 0.376 e. The van der Waals surface area contributed by atoms with Gasteiger partial charge in [0.25, 0.3) is 0 Å². The maximum Gasteiger partial charge on any atom is 0.329 e. The van der Waals surface area contributed by atoms with Crippen LogP contribution in [-0.2, 0) is 14.3 Å². The van der Waals surface area contributed by atoms with Gasteiger partial charge in [-0.05, 0) is 38.5 Å². The molecule has 2 fully saturated rings. The number of hydrogen-bond acceptors (Lipinski definition) is 4. The average Bonchev–Trinajstić information content (AvgIpc) is 2.84. The predicted molar refractivity (Wildman–Crippen MR) is 75.3 cm³/mol. The molecular formula is C14H23N3O3. The van der Waals surface area contributed by atoms with Gasteiger partial charge in [-0.1, -0.05) is 12.8 Å². The molecule has 0 aromatic heterocycles. The Labute approximate surface area is 119 Å². The number of carbonyl (C=O) groups is 2. The van der Waals surface area contributed by atoms with E-state index in [1.165, 1.54) is 12.8 Å². The minimum atomic E-state index is -0.695. The van der Waals surface area contributed by atoms with E-state index in [-0.39, 0.29) is 6.10 Å². The van der Waals surface area contributed by atoms with Gasteiger partial charge in [-0.2, -0.15) is 5.10 Å². The van der Waals surface area contributed by atoms with Crippen LogP contribution in [0.2, 0.25) is 0 Å². The second kappa shape index (κ2) is 7.99. The Hall–Kier alpha value is -1.43. The smallest absolute Gasteiger partial charge is 0.329 e. The Morgan fingerprint density at radius 1 is 1.10 bits per heavy atom. The Bertz CT molecular complexity index is 366. The van der Waals surface area contributed by atoms with E-state index >= 15 is 0 Å². The van der Waals surface area contributed by atoms with Crippen LogP contribution in [0.4, 0.5) is 0 Å². The lowest BCUT2D eigenvalue weighted by molar-refractivity contribution is -0.139. The Kier molecular flexibility index (Phi) is 5.98. The molecule has 2 N–H and O–H groups in total. The maximum absolute atomic E-state index is 11.6. The van der Waals surface area contributed by atoms with Gasteiger partial charge in [0.05, 0.1) is 6.10 Å². The lowest BCUT2D eigenvalue weighted by Crippen LogP contribution is -2.41. The SMILES string of the molecule is O=C(NC[C@@H]1CCCO1)C(=O)NN=C1CCCCCC1. The number of ether oxygens (including phenoxy) is 1. The fraction of sp³-hybridized carbons (Fsp3) is 0.786. The maximum atomic E-state index is 11.6. The highest BCUT2D eigenvalue weighted by molar-refractivity contribution is 6.35. The zero-order valence-corrected chi connectivity index (χ0v) is 11.8. The van der Waals surface area contributed by atoms with Gasteiger partial charge < -0.3 is 10.1 Å². The van der Waals surface area contributed by atoms with Crippen LogP contribution in [0.3, 0.4) is 0 Å². The fourth-order valence-electron chi connectivity index (χ4n) is 2.52. The number of hydrogen-bond donors (Lipinski definition) is 2. The molecule has 0 unspecified atom stereocenters. The first kappa shape index (κ1) is 15.0. The van der Waals surface area contributed by atoms with Gasteiger partial charge >= 0.3 is 11.8 Å². The second-order valence-corrected chi connectivity index (χ2v) is 5.38. The van der Waals surface area contributed by atoms with Crippen molar-refractivity contribution in [1.82, 2.24) is 10.7 Å². The van der Waals surface area contributed by atoms with Crippen molar-refractivity contribution in [2.75, 3.05) is 13.2 Å². The topological polar surface area (TPSA) is 79.8 Å². The second-order valence-electron chi connectivity index (χ2n) is 5.38. The van der Waals surface area contributed by atoms with Crippen molar-refractivity contribution >= 4 is 17.5 Å². The lowest BCUT2D eigenvalue weighted by Gasteiger charge is -2.10. The Morgan fingerprint density at radius 3 is 2.50 bits per heavy atom. The molecule has 0 radical (unpaired) electrons. The molecule has 0 bridgehead atoms. The van der Waals surface area contributed by atoms with Crippen LogP contribution in [0.5, 0.6) is 0 Å². The van der Waals surface area contributed by atoms with E-state index < -0.39 is 11.8 Å². The van der Waals surface area contributed by atoms with Crippen LogP contribution in [0, 0.1) is 0 Å². The van der Waals surface area contributed by atoms with Crippen LogP contribution in [0.1, 0.15) is 51.4 Å². The third-order valence-corrected chi connectivity index (χ3v) is 3.72. The lowest BCUT2D eigenvalue weighted by atomic mass is 10.2. The number of rotatable bonds is 3. The van der Waals surface area contributed by atoms with E-state index in [1.54, 1.807) is 0 Å².